The van der Waals surface area contributed by atoms with Crippen LogP contribution in [0.4, 0.5) is 0 Å². The molecule has 0 aromatic carbocycles. The van der Waals surface area contributed by atoms with Crippen LogP contribution in [0, 0.1) is 6.92 Å². The van der Waals surface area contributed by atoms with E-state index in [4.69, 9.17) is 4.74 Å². The van der Waals surface area contributed by atoms with E-state index in [2.05, 4.69) is 27.8 Å². The van der Waals surface area contributed by atoms with E-state index in [1.54, 1.807) is 0 Å². The molecule has 0 radical (unpaired) electrons. The van der Waals surface area contributed by atoms with Crippen molar-refractivity contribution in [2.24, 2.45) is 0 Å². The Hall–Kier alpha value is -0.910. The van der Waals surface area contributed by atoms with Gasteiger partial charge in [-0.3, -0.25) is 9.58 Å². The molecule has 5 heteroatoms. The molecule has 0 bridgehead atoms. The van der Waals surface area contributed by atoms with Crippen LogP contribution in [0.1, 0.15) is 30.9 Å². The smallest absolute Gasteiger partial charge is 0.0817 e. The summed E-state index contributed by atoms with van der Waals surface area (Å²) in [5, 5.41) is 15.0. The van der Waals surface area contributed by atoms with Crippen molar-refractivity contribution in [2.45, 2.75) is 37.8 Å². The maximum atomic E-state index is 10.5. The van der Waals surface area contributed by atoms with Gasteiger partial charge in [0.05, 0.1) is 17.8 Å². The van der Waals surface area contributed by atoms with Gasteiger partial charge in [0.15, 0.2) is 0 Å². The number of nitrogens with zero attached hydrogens (tertiary/aromatic N) is 3. The monoisotopic (exact) mass is 265 g/mol. The summed E-state index contributed by atoms with van der Waals surface area (Å²) in [5.74, 6) is 0. The summed E-state index contributed by atoms with van der Waals surface area (Å²) in [5.41, 5.74) is 0.661. The predicted molar refractivity (Wildman–Crippen MR) is 72.1 cm³/mol. The lowest BCUT2D eigenvalue weighted by molar-refractivity contribution is -0.0775. The SMILES string of the molecule is Cc1cnn(C2CCN(CC3(O)CCOCC3)C2)c1. The fraction of sp³-hybridized carbons (Fsp3) is 0.786. The quantitative estimate of drug-likeness (QED) is 0.885. The van der Waals surface area contributed by atoms with Crippen LogP contribution < -0.4 is 0 Å². The molecule has 1 atom stereocenters. The maximum absolute atomic E-state index is 10.5. The number of ether oxygens (including phenoxy) is 1. The third-order valence-corrected chi connectivity index (χ3v) is 4.29. The Labute approximate surface area is 114 Å². The molecule has 2 aliphatic rings. The highest BCUT2D eigenvalue weighted by atomic mass is 16.5. The molecule has 0 saturated carbocycles. The molecule has 0 spiro atoms. The van der Waals surface area contributed by atoms with Crippen molar-refractivity contribution in [2.75, 3.05) is 32.8 Å². The van der Waals surface area contributed by atoms with Gasteiger partial charge in [-0.2, -0.15) is 5.10 Å². The largest absolute Gasteiger partial charge is 0.388 e. The van der Waals surface area contributed by atoms with E-state index < -0.39 is 5.60 Å². The van der Waals surface area contributed by atoms with Crippen molar-refractivity contribution >= 4 is 0 Å². The van der Waals surface area contributed by atoms with Crippen molar-refractivity contribution in [3.05, 3.63) is 18.0 Å². The Kier molecular flexibility index (Phi) is 3.60. The van der Waals surface area contributed by atoms with Crippen molar-refractivity contribution < 1.29 is 9.84 Å². The molecular weight excluding hydrogens is 242 g/mol. The number of β-amino-alcohol motifs (C(OH)–C–C–N with tert-alkyl or cyclic N) is 1. The fourth-order valence-corrected chi connectivity index (χ4v) is 3.13. The minimum absolute atomic E-state index is 0.456. The predicted octanol–water partition coefficient (Wildman–Crippen LogP) is 0.980. The zero-order valence-electron chi connectivity index (χ0n) is 11.6. The van der Waals surface area contributed by atoms with Gasteiger partial charge in [-0.05, 0) is 18.9 Å². The van der Waals surface area contributed by atoms with Gasteiger partial charge < -0.3 is 9.84 Å². The van der Waals surface area contributed by atoms with E-state index in [-0.39, 0.29) is 0 Å². The van der Waals surface area contributed by atoms with E-state index in [0.717, 1.165) is 38.9 Å². The highest BCUT2D eigenvalue weighted by Crippen LogP contribution is 2.27. The molecule has 5 nitrogen and oxygen atoms in total. The molecule has 1 aromatic heterocycles. The van der Waals surface area contributed by atoms with Gasteiger partial charge in [0.1, 0.15) is 0 Å². The summed E-state index contributed by atoms with van der Waals surface area (Å²) in [6.45, 7) is 6.25. The van der Waals surface area contributed by atoms with Gasteiger partial charge in [-0.1, -0.05) is 0 Å². The minimum atomic E-state index is -0.548. The first-order valence-corrected chi connectivity index (χ1v) is 7.18. The summed E-state index contributed by atoms with van der Waals surface area (Å²) in [4.78, 5) is 2.37. The lowest BCUT2D eigenvalue weighted by Gasteiger charge is -2.35. The Morgan fingerprint density at radius 1 is 1.47 bits per heavy atom. The van der Waals surface area contributed by atoms with Gasteiger partial charge in [-0.15, -0.1) is 0 Å². The second kappa shape index (κ2) is 5.23. The molecule has 19 heavy (non-hydrogen) atoms. The maximum Gasteiger partial charge on any atom is 0.0817 e. The molecule has 2 fully saturated rings. The molecule has 1 aromatic rings. The molecule has 3 heterocycles. The van der Waals surface area contributed by atoms with Crippen LogP contribution in [0.3, 0.4) is 0 Å². The Morgan fingerprint density at radius 2 is 2.26 bits per heavy atom. The van der Waals surface area contributed by atoms with Crippen molar-refractivity contribution in [1.29, 1.82) is 0 Å². The number of aryl methyl sites for hydroxylation is 1. The highest BCUT2D eigenvalue weighted by molar-refractivity contribution is 5.01. The number of hydrogen-bond donors (Lipinski definition) is 1. The second-order valence-corrected chi connectivity index (χ2v) is 6.01. The lowest BCUT2D eigenvalue weighted by atomic mass is 9.94. The normalized spacial score (nSPS) is 27.8. The number of aliphatic hydroxyl groups is 1. The zero-order chi connectivity index (χ0) is 13.3. The van der Waals surface area contributed by atoms with E-state index in [1.807, 2.05) is 6.20 Å². The van der Waals surface area contributed by atoms with Crippen LogP contribution in [0.5, 0.6) is 0 Å². The van der Waals surface area contributed by atoms with Gasteiger partial charge in [0, 0.05) is 51.9 Å². The van der Waals surface area contributed by atoms with Gasteiger partial charge in [0.2, 0.25) is 0 Å². The van der Waals surface area contributed by atoms with Crippen molar-refractivity contribution in [3.63, 3.8) is 0 Å². The second-order valence-electron chi connectivity index (χ2n) is 6.01. The number of rotatable bonds is 3. The summed E-state index contributed by atoms with van der Waals surface area (Å²) in [7, 11) is 0. The Balaban J connectivity index is 1.57. The zero-order valence-corrected chi connectivity index (χ0v) is 11.6. The third kappa shape index (κ3) is 2.99. The minimum Gasteiger partial charge on any atom is -0.388 e. The average Bonchev–Trinajstić information content (AvgIpc) is 2.98. The van der Waals surface area contributed by atoms with Crippen LogP contribution in [0.2, 0.25) is 0 Å². The van der Waals surface area contributed by atoms with Gasteiger partial charge in [0.25, 0.3) is 0 Å². The Morgan fingerprint density at radius 3 is 2.95 bits per heavy atom. The van der Waals surface area contributed by atoms with Gasteiger partial charge >= 0.3 is 0 Å². The standard InChI is InChI=1S/C14H23N3O2/c1-12-8-15-17(9-12)13-2-5-16(10-13)11-14(18)3-6-19-7-4-14/h8-9,13,18H,2-7,10-11H2,1H3. The molecule has 106 valence electrons. The summed E-state index contributed by atoms with van der Waals surface area (Å²) < 4.78 is 7.40. The van der Waals surface area contributed by atoms with Crippen molar-refractivity contribution in [1.82, 2.24) is 14.7 Å². The van der Waals surface area contributed by atoms with Crippen LogP contribution in [0.25, 0.3) is 0 Å². The van der Waals surface area contributed by atoms with E-state index in [9.17, 15) is 5.11 Å². The first-order chi connectivity index (χ1) is 9.15. The summed E-state index contributed by atoms with van der Waals surface area (Å²) in [6, 6.07) is 0.456. The number of aromatic nitrogens is 2. The fourth-order valence-electron chi connectivity index (χ4n) is 3.13. The first-order valence-electron chi connectivity index (χ1n) is 7.18. The molecule has 1 unspecified atom stereocenters. The molecule has 0 amide bonds. The van der Waals surface area contributed by atoms with Crippen LogP contribution in [-0.2, 0) is 4.74 Å². The molecule has 0 aliphatic carbocycles. The molecule has 1 N–H and O–H groups in total. The van der Waals surface area contributed by atoms with E-state index >= 15 is 0 Å². The molecular formula is C14H23N3O2. The van der Waals surface area contributed by atoms with Crippen LogP contribution in [-0.4, -0.2) is 58.2 Å². The van der Waals surface area contributed by atoms with Crippen LogP contribution >= 0.6 is 0 Å². The Bertz CT molecular complexity index is 426. The molecule has 2 aliphatic heterocycles. The number of hydrogen-bond acceptors (Lipinski definition) is 4. The summed E-state index contributed by atoms with van der Waals surface area (Å²) >= 11 is 0. The first kappa shape index (κ1) is 13.1. The number of likely N-dealkylation sites (tertiary alicyclic amines) is 1. The highest BCUT2D eigenvalue weighted by Gasteiger charge is 2.35. The van der Waals surface area contributed by atoms with E-state index in [1.165, 1.54) is 5.56 Å². The average molecular weight is 265 g/mol. The van der Waals surface area contributed by atoms with Gasteiger partial charge in [-0.25, -0.2) is 0 Å². The molecule has 3 rings (SSSR count). The summed E-state index contributed by atoms with van der Waals surface area (Å²) in [6.07, 6.45) is 6.66. The molecule has 2 saturated heterocycles. The van der Waals surface area contributed by atoms with Crippen LogP contribution in [0.15, 0.2) is 12.4 Å². The lowest BCUT2D eigenvalue weighted by Crippen LogP contribution is -2.46. The van der Waals surface area contributed by atoms with Crippen molar-refractivity contribution in [3.8, 4) is 0 Å². The van der Waals surface area contributed by atoms with E-state index in [0.29, 0.717) is 19.3 Å². The topological polar surface area (TPSA) is 50.5 Å². The third-order valence-electron chi connectivity index (χ3n) is 4.29.